The number of fused-ring (bicyclic) bond motifs is 22. The lowest BCUT2D eigenvalue weighted by molar-refractivity contribution is 0.669. The Balaban J connectivity index is 1.10. The zero-order valence-corrected chi connectivity index (χ0v) is 41.7. The number of nitriles is 1. The Bertz CT molecular complexity index is 5000. The molecule has 0 bridgehead atoms. The van der Waals surface area contributed by atoms with Crippen LogP contribution < -0.4 is 0 Å². The molecule has 2 aliphatic carbocycles. The van der Waals surface area contributed by atoms with Gasteiger partial charge in [-0.1, -0.05) is 206 Å². The summed E-state index contributed by atoms with van der Waals surface area (Å²) in [5.74, 6) is 1.34. The standard InChI is InChI=1S/C71H40N6O/c72-41-44-40-57(60-51-33-15-21-39-58(51)78-67(60)59(44)70-74-68(42-22-4-1-5-23-42)73-69(75-70)43-24-6-2-7-25-43)77-56-38-20-14-32-50(56)63-65-62(49-31-13-19-37-55(49)76(65)45-26-8-3-9-27-45)64-61(66(63)77)48-30-12-18-36-54(48)71(64)52-34-16-10-28-46(52)47-29-11-17-35-53(47)71/h1-40H. The van der Waals surface area contributed by atoms with Gasteiger partial charge in [0.05, 0.1) is 49.7 Å². The fourth-order valence-electron chi connectivity index (χ4n) is 13.7. The Kier molecular flexibility index (Phi) is 8.71. The topological polar surface area (TPSA) is 85.5 Å². The van der Waals surface area contributed by atoms with E-state index in [1.165, 1.54) is 49.7 Å². The molecular formula is C71H40N6O. The highest BCUT2D eigenvalue weighted by molar-refractivity contribution is 6.33. The molecule has 360 valence electrons. The highest BCUT2D eigenvalue weighted by Crippen LogP contribution is 2.67. The Morgan fingerprint density at radius 1 is 0.410 bits per heavy atom. The minimum absolute atomic E-state index is 0.349. The molecule has 0 radical (unpaired) electrons. The number of benzene rings is 11. The lowest BCUT2D eigenvalue weighted by Crippen LogP contribution is -2.26. The first-order valence-electron chi connectivity index (χ1n) is 26.3. The second-order valence-electron chi connectivity index (χ2n) is 20.4. The van der Waals surface area contributed by atoms with Crippen LogP contribution in [0.4, 0.5) is 0 Å². The van der Waals surface area contributed by atoms with Crippen LogP contribution in [-0.4, -0.2) is 24.1 Å². The van der Waals surface area contributed by atoms with Gasteiger partial charge in [-0.05, 0) is 75.3 Å². The van der Waals surface area contributed by atoms with E-state index in [1.54, 1.807) is 0 Å². The van der Waals surface area contributed by atoms with Crippen molar-refractivity contribution in [3.05, 3.63) is 270 Å². The van der Waals surface area contributed by atoms with Gasteiger partial charge in [0.25, 0.3) is 0 Å². The lowest BCUT2D eigenvalue weighted by Gasteiger charge is -2.31. The third-order valence-corrected chi connectivity index (χ3v) is 16.6. The van der Waals surface area contributed by atoms with Crippen molar-refractivity contribution in [1.29, 1.82) is 5.26 Å². The largest absolute Gasteiger partial charge is 0.455 e. The first-order chi connectivity index (χ1) is 38.7. The Labute approximate surface area is 446 Å². The van der Waals surface area contributed by atoms with Gasteiger partial charge in [-0.3, -0.25) is 0 Å². The number of hydrogen-bond donors (Lipinski definition) is 0. The van der Waals surface area contributed by atoms with Gasteiger partial charge in [0.15, 0.2) is 17.5 Å². The molecule has 0 atom stereocenters. The Morgan fingerprint density at radius 2 is 0.897 bits per heavy atom. The summed E-state index contributed by atoms with van der Waals surface area (Å²) in [7, 11) is 0. The maximum atomic E-state index is 11.8. The molecule has 7 heteroatoms. The summed E-state index contributed by atoms with van der Waals surface area (Å²) < 4.78 is 12.1. The van der Waals surface area contributed by atoms with Crippen molar-refractivity contribution in [1.82, 2.24) is 24.1 Å². The van der Waals surface area contributed by atoms with E-state index in [0.717, 1.165) is 71.7 Å². The van der Waals surface area contributed by atoms with Crippen LogP contribution in [0.15, 0.2) is 247 Å². The fraction of sp³-hybridized carbons (Fsp3) is 0.0141. The van der Waals surface area contributed by atoms with Gasteiger partial charge in [-0.15, -0.1) is 0 Å². The molecule has 4 aromatic heterocycles. The zero-order chi connectivity index (χ0) is 51.2. The summed E-state index contributed by atoms with van der Waals surface area (Å²) in [5, 5.41) is 18.1. The average molecular weight is 993 g/mol. The molecule has 2 aliphatic rings. The number of nitrogens with zero attached hydrogens (tertiary/aromatic N) is 6. The molecule has 15 aromatic rings. The number of para-hydroxylation sites is 4. The number of aromatic nitrogens is 5. The quantitative estimate of drug-likeness (QED) is 0.171. The molecule has 0 amide bonds. The van der Waals surface area contributed by atoms with Crippen molar-refractivity contribution >= 4 is 65.6 Å². The molecule has 0 saturated heterocycles. The third kappa shape index (κ3) is 5.52. The van der Waals surface area contributed by atoms with Gasteiger partial charge in [0.2, 0.25) is 0 Å². The highest BCUT2D eigenvalue weighted by atomic mass is 16.3. The van der Waals surface area contributed by atoms with Crippen LogP contribution in [0.5, 0.6) is 0 Å². The smallest absolute Gasteiger partial charge is 0.169 e. The highest BCUT2D eigenvalue weighted by Gasteiger charge is 2.54. The van der Waals surface area contributed by atoms with E-state index in [4.69, 9.17) is 19.4 Å². The normalized spacial score (nSPS) is 13.0. The molecule has 4 heterocycles. The second-order valence-corrected chi connectivity index (χ2v) is 20.4. The Morgan fingerprint density at radius 3 is 1.53 bits per heavy atom. The average Bonchev–Trinajstić information content (AvgIpc) is 2.93. The molecule has 0 saturated carbocycles. The fourth-order valence-corrected chi connectivity index (χ4v) is 13.7. The van der Waals surface area contributed by atoms with Crippen molar-refractivity contribution in [2.45, 2.75) is 5.41 Å². The molecule has 0 N–H and O–H groups in total. The summed E-state index contributed by atoms with van der Waals surface area (Å²) in [6.45, 7) is 0. The molecule has 0 fully saturated rings. The summed E-state index contributed by atoms with van der Waals surface area (Å²) >= 11 is 0. The molecule has 7 nitrogen and oxygen atoms in total. The maximum Gasteiger partial charge on any atom is 0.169 e. The SMILES string of the molecule is N#Cc1cc(-n2c3ccccc3c3c2c2c(c4c5ccccc5n(-c5ccccc5)c43)C3(c4ccccc4-c4ccccc43)c3ccccc3-2)c2c(oc3ccccc32)c1-c1nc(-c2ccccc2)nc(-c2ccccc2)n1. The van der Waals surface area contributed by atoms with E-state index in [-0.39, 0.29) is 0 Å². The van der Waals surface area contributed by atoms with E-state index in [9.17, 15) is 5.26 Å². The third-order valence-electron chi connectivity index (χ3n) is 16.6. The van der Waals surface area contributed by atoms with Crippen molar-refractivity contribution in [3.8, 4) is 73.9 Å². The molecular weight excluding hydrogens is 953 g/mol. The van der Waals surface area contributed by atoms with Crippen LogP contribution in [0.25, 0.3) is 133 Å². The number of furan rings is 1. The zero-order valence-electron chi connectivity index (χ0n) is 41.7. The van der Waals surface area contributed by atoms with Crippen molar-refractivity contribution in [3.63, 3.8) is 0 Å². The summed E-state index contributed by atoms with van der Waals surface area (Å²) in [5.41, 5.74) is 19.0. The van der Waals surface area contributed by atoms with Gasteiger partial charge in [0.1, 0.15) is 17.2 Å². The summed E-state index contributed by atoms with van der Waals surface area (Å²) in [4.78, 5) is 15.5. The van der Waals surface area contributed by atoms with E-state index >= 15 is 0 Å². The van der Waals surface area contributed by atoms with Gasteiger partial charge in [-0.2, -0.15) is 5.26 Å². The molecule has 11 aromatic carbocycles. The van der Waals surface area contributed by atoms with Crippen LogP contribution in [0, 0.1) is 11.3 Å². The molecule has 78 heavy (non-hydrogen) atoms. The van der Waals surface area contributed by atoms with E-state index in [1.807, 2.05) is 72.8 Å². The van der Waals surface area contributed by atoms with E-state index in [2.05, 4.69) is 185 Å². The molecule has 0 aliphatic heterocycles. The molecule has 17 rings (SSSR count). The Hall–Kier alpha value is -10.7. The minimum atomic E-state index is -0.705. The summed E-state index contributed by atoms with van der Waals surface area (Å²) in [6, 6.07) is 88.5. The van der Waals surface area contributed by atoms with Gasteiger partial charge >= 0.3 is 0 Å². The first-order valence-corrected chi connectivity index (χ1v) is 26.3. The minimum Gasteiger partial charge on any atom is -0.455 e. The van der Waals surface area contributed by atoms with Crippen LogP contribution in [0.1, 0.15) is 27.8 Å². The lowest BCUT2D eigenvalue weighted by atomic mass is 9.69. The number of rotatable bonds is 5. The monoisotopic (exact) mass is 992 g/mol. The van der Waals surface area contributed by atoms with Crippen LogP contribution in [0.3, 0.4) is 0 Å². The van der Waals surface area contributed by atoms with Crippen LogP contribution in [0.2, 0.25) is 0 Å². The van der Waals surface area contributed by atoms with Crippen molar-refractivity contribution in [2.24, 2.45) is 0 Å². The van der Waals surface area contributed by atoms with Crippen LogP contribution >= 0.6 is 0 Å². The molecule has 1 spiro atoms. The summed E-state index contributed by atoms with van der Waals surface area (Å²) in [6.07, 6.45) is 0. The predicted octanol–water partition coefficient (Wildman–Crippen LogP) is 17.2. The van der Waals surface area contributed by atoms with Crippen LogP contribution in [-0.2, 0) is 5.41 Å². The van der Waals surface area contributed by atoms with Gasteiger partial charge < -0.3 is 13.6 Å². The maximum absolute atomic E-state index is 11.8. The second kappa shape index (κ2) is 15.9. The van der Waals surface area contributed by atoms with E-state index < -0.39 is 5.41 Å². The van der Waals surface area contributed by atoms with E-state index in [0.29, 0.717) is 39.8 Å². The predicted molar refractivity (Wildman–Crippen MR) is 313 cm³/mol. The number of hydrogen-bond acceptors (Lipinski definition) is 5. The first kappa shape index (κ1) is 42.7. The molecule has 0 unspecified atom stereocenters. The van der Waals surface area contributed by atoms with Gasteiger partial charge in [0, 0.05) is 49.3 Å². The van der Waals surface area contributed by atoms with Crippen molar-refractivity contribution < 1.29 is 4.42 Å². The van der Waals surface area contributed by atoms with Crippen molar-refractivity contribution in [2.75, 3.05) is 0 Å². The van der Waals surface area contributed by atoms with Gasteiger partial charge in [-0.25, -0.2) is 15.0 Å².